The fourth-order valence-electron chi connectivity index (χ4n) is 0.665. The lowest BCUT2D eigenvalue weighted by atomic mass is 10.5. The molecule has 0 aromatic rings. The third kappa shape index (κ3) is 5.14. The standard InChI is InChI=1S/C9H16O4/c1-5-12-8(10-3)7-9(11-4)13-6-2/h7H,3,5-6H2,1-2,4H3/b9-7+. The van der Waals surface area contributed by atoms with Gasteiger partial charge in [0.1, 0.15) is 0 Å². The van der Waals surface area contributed by atoms with Gasteiger partial charge >= 0.3 is 6.29 Å². The topological polar surface area (TPSA) is 39.0 Å². The van der Waals surface area contributed by atoms with Crippen molar-refractivity contribution >= 4 is 6.79 Å². The normalized spacial score (nSPS) is 10.8. The van der Waals surface area contributed by atoms with E-state index < -0.39 is 0 Å². The van der Waals surface area contributed by atoms with Crippen molar-refractivity contribution in [3.8, 4) is 0 Å². The molecule has 4 nitrogen and oxygen atoms in total. The highest BCUT2D eigenvalue weighted by Crippen LogP contribution is 2.07. The Bertz CT molecular complexity index is 165. The highest BCUT2D eigenvalue weighted by atomic mass is 16.7. The molecule has 0 bridgehead atoms. The number of rotatable bonds is 7. The van der Waals surface area contributed by atoms with Gasteiger partial charge in [0, 0.05) is 12.7 Å². The first-order valence-corrected chi connectivity index (χ1v) is 4.08. The molecule has 0 heterocycles. The van der Waals surface area contributed by atoms with Crippen LogP contribution in [0.25, 0.3) is 0 Å². The maximum Gasteiger partial charge on any atom is 0.364 e. The van der Waals surface area contributed by atoms with Gasteiger partial charge in [-0.3, -0.25) is 0 Å². The minimum Gasteiger partial charge on any atom is -0.525 e. The first-order valence-electron chi connectivity index (χ1n) is 4.08. The molecule has 0 saturated carbocycles. The van der Waals surface area contributed by atoms with Crippen LogP contribution in [-0.2, 0) is 18.6 Å². The third-order valence-corrected chi connectivity index (χ3v) is 1.15. The molecule has 0 aromatic carbocycles. The van der Waals surface area contributed by atoms with Crippen LogP contribution in [0.2, 0.25) is 0 Å². The van der Waals surface area contributed by atoms with Gasteiger partial charge in [0.15, 0.2) is 12.7 Å². The molecule has 13 heavy (non-hydrogen) atoms. The van der Waals surface area contributed by atoms with E-state index in [1.807, 2.05) is 13.8 Å². The second kappa shape index (κ2) is 7.49. The summed E-state index contributed by atoms with van der Waals surface area (Å²) in [7, 11) is 1.51. The Hall–Kier alpha value is -1.16. The second-order valence-corrected chi connectivity index (χ2v) is 2.00. The Morgan fingerprint density at radius 1 is 1.46 bits per heavy atom. The summed E-state index contributed by atoms with van der Waals surface area (Å²) >= 11 is 0. The van der Waals surface area contributed by atoms with Crippen LogP contribution in [0.4, 0.5) is 0 Å². The lowest BCUT2D eigenvalue weighted by molar-refractivity contribution is -0.472. The van der Waals surface area contributed by atoms with E-state index in [-0.39, 0.29) is 6.29 Å². The molecule has 0 amide bonds. The van der Waals surface area contributed by atoms with Crippen LogP contribution in [0.3, 0.4) is 0 Å². The van der Waals surface area contributed by atoms with Gasteiger partial charge in [0.25, 0.3) is 0 Å². The van der Waals surface area contributed by atoms with Crippen molar-refractivity contribution in [1.82, 2.24) is 0 Å². The van der Waals surface area contributed by atoms with E-state index in [2.05, 4.69) is 11.2 Å². The molecular weight excluding hydrogens is 172 g/mol. The maximum atomic E-state index is 5.10. The van der Waals surface area contributed by atoms with E-state index >= 15 is 0 Å². The van der Waals surface area contributed by atoms with Crippen molar-refractivity contribution in [3.05, 3.63) is 18.3 Å². The minimum atomic E-state index is 0.271. The Kier molecular flexibility index (Phi) is 6.82. The predicted molar refractivity (Wildman–Crippen MR) is 48.7 cm³/mol. The molecule has 0 aliphatic rings. The summed E-state index contributed by atoms with van der Waals surface area (Å²) in [5.74, 6) is 0.342. The summed E-state index contributed by atoms with van der Waals surface area (Å²) in [5, 5.41) is 0. The lowest BCUT2D eigenvalue weighted by Crippen LogP contribution is -2.04. The third-order valence-electron chi connectivity index (χ3n) is 1.15. The van der Waals surface area contributed by atoms with E-state index in [9.17, 15) is 0 Å². The van der Waals surface area contributed by atoms with Crippen LogP contribution in [0.15, 0.2) is 12.0 Å². The van der Waals surface area contributed by atoms with Crippen LogP contribution in [0, 0.1) is 6.29 Å². The van der Waals surface area contributed by atoms with Crippen LogP contribution < -0.4 is 0 Å². The number of hydrogen-bond donors (Lipinski definition) is 0. The SMILES string of the molecule is C=[O+][C-](/C=C(\OC)OCC)OCC. The molecule has 0 radical (unpaired) electrons. The van der Waals surface area contributed by atoms with E-state index in [4.69, 9.17) is 14.2 Å². The first-order chi connectivity index (χ1) is 6.28. The van der Waals surface area contributed by atoms with E-state index in [0.717, 1.165) is 0 Å². The van der Waals surface area contributed by atoms with Gasteiger partial charge in [-0.1, -0.05) is 0 Å². The summed E-state index contributed by atoms with van der Waals surface area (Å²) in [5.41, 5.74) is 0. The van der Waals surface area contributed by atoms with Gasteiger partial charge in [-0.15, -0.1) is 0 Å². The fourth-order valence-corrected chi connectivity index (χ4v) is 0.665. The van der Waals surface area contributed by atoms with E-state index in [1.165, 1.54) is 13.2 Å². The summed E-state index contributed by atoms with van der Waals surface area (Å²) in [6.45, 7) is 7.97. The van der Waals surface area contributed by atoms with Crippen molar-refractivity contribution in [2.45, 2.75) is 13.8 Å². The second-order valence-electron chi connectivity index (χ2n) is 2.00. The van der Waals surface area contributed by atoms with Gasteiger partial charge in [-0.2, -0.15) is 0 Å². The molecular formula is C9H16O4. The van der Waals surface area contributed by atoms with Crippen molar-refractivity contribution in [3.63, 3.8) is 0 Å². The average molecular weight is 188 g/mol. The van der Waals surface area contributed by atoms with Crippen molar-refractivity contribution in [1.29, 1.82) is 0 Å². The zero-order valence-electron chi connectivity index (χ0n) is 8.33. The Labute approximate surface area is 78.8 Å². The number of methoxy groups -OCH3 is 1. The summed E-state index contributed by atoms with van der Waals surface area (Å²) < 4.78 is 19.7. The van der Waals surface area contributed by atoms with Gasteiger partial charge < -0.3 is 18.6 Å². The van der Waals surface area contributed by atoms with Gasteiger partial charge in [0.05, 0.1) is 13.7 Å². The van der Waals surface area contributed by atoms with Gasteiger partial charge in [0.2, 0.25) is 0 Å². The molecule has 0 N–H and O–H groups in total. The Morgan fingerprint density at radius 3 is 2.54 bits per heavy atom. The number of hydrogen-bond acceptors (Lipinski definition) is 3. The summed E-state index contributed by atoms with van der Waals surface area (Å²) in [6, 6.07) is 0. The number of ether oxygens (including phenoxy) is 3. The predicted octanol–water partition coefficient (Wildman–Crippen LogP) is 1.40. The van der Waals surface area contributed by atoms with Crippen LogP contribution in [-0.4, -0.2) is 27.1 Å². The zero-order chi connectivity index (χ0) is 10.1. The smallest absolute Gasteiger partial charge is 0.364 e. The molecule has 4 heteroatoms. The summed E-state index contributed by atoms with van der Waals surface area (Å²) in [4.78, 5) is 0. The molecule has 0 unspecified atom stereocenters. The zero-order valence-corrected chi connectivity index (χ0v) is 8.33. The Morgan fingerprint density at radius 2 is 2.15 bits per heavy atom. The molecule has 0 rings (SSSR count). The monoisotopic (exact) mass is 188 g/mol. The molecule has 0 aliphatic carbocycles. The molecule has 0 aliphatic heterocycles. The molecule has 0 fully saturated rings. The Balaban J connectivity index is 4.16. The van der Waals surface area contributed by atoms with Crippen molar-refractivity contribution < 1.29 is 18.6 Å². The van der Waals surface area contributed by atoms with Gasteiger partial charge in [-0.05, 0) is 13.8 Å². The van der Waals surface area contributed by atoms with Crippen LogP contribution >= 0.6 is 0 Å². The van der Waals surface area contributed by atoms with Crippen LogP contribution in [0.5, 0.6) is 0 Å². The van der Waals surface area contributed by atoms with Gasteiger partial charge in [-0.25, -0.2) is 0 Å². The molecule has 0 aromatic heterocycles. The van der Waals surface area contributed by atoms with E-state index in [0.29, 0.717) is 19.2 Å². The highest BCUT2D eigenvalue weighted by molar-refractivity contribution is 5.14. The maximum absolute atomic E-state index is 5.10. The van der Waals surface area contributed by atoms with Crippen molar-refractivity contribution in [2.24, 2.45) is 0 Å². The quantitative estimate of drug-likeness (QED) is 0.344. The largest absolute Gasteiger partial charge is 0.525 e. The molecule has 76 valence electrons. The molecule has 0 spiro atoms. The van der Waals surface area contributed by atoms with Crippen LogP contribution in [0.1, 0.15) is 13.8 Å². The average Bonchev–Trinajstić information content (AvgIpc) is 2.16. The summed E-state index contributed by atoms with van der Waals surface area (Å²) in [6.07, 6.45) is 1.77. The number of carbonyl (C=O) groups excluding carboxylic acids is 1. The van der Waals surface area contributed by atoms with E-state index in [1.54, 1.807) is 0 Å². The highest BCUT2D eigenvalue weighted by Gasteiger charge is 2.08. The molecule has 0 atom stereocenters. The lowest BCUT2D eigenvalue weighted by Gasteiger charge is -2.12. The first kappa shape index (κ1) is 11.8. The fraction of sp³-hybridized carbons (Fsp3) is 0.556. The van der Waals surface area contributed by atoms with Crippen molar-refractivity contribution in [2.75, 3.05) is 20.3 Å². The minimum absolute atomic E-state index is 0.271. The molecule has 0 saturated heterocycles.